The molecule has 1 saturated heterocycles. The zero-order valence-corrected chi connectivity index (χ0v) is 43.1. The minimum Gasteiger partial charge on any atom is -0.394 e. The van der Waals surface area contributed by atoms with Crippen molar-refractivity contribution in [2.45, 2.75) is 288 Å². The molecule has 67 heavy (non-hydrogen) atoms. The van der Waals surface area contributed by atoms with Gasteiger partial charge in [0.05, 0.1) is 25.4 Å². The summed E-state index contributed by atoms with van der Waals surface area (Å²) in [4.78, 5) is 13.0. The highest BCUT2D eigenvalue weighted by molar-refractivity contribution is 5.76. The van der Waals surface area contributed by atoms with E-state index >= 15 is 0 Å². The van der Waals surface area contributed by atoms with Crippen molar-refractivity contribution in [3.8, 4) is 0 Å². The SMILES string of the molecule is CC/C=C\C/C=C\C/C=C\C/C=C\C/C=C\CCCCCCCCCCCCCCCCCCCC(=O)NC(COC1OC(CO)C(O)C(O)C1O)C(O)CCCCCCCCCCCCC. The number of allylic oxidation sites excluding steroid dienone is 10. The molecule has 0 saturated carbocycles. The summed E-state index contributed by atoms with van der Waals surface area (Å²) in [5.41, 5.74) is 0. The molecule has 7 atom stereocenters. The van der Waals surface area contributed by atoms with Gasteiger partial charge in [-0.25, -0.2) is 0 Å². The number of amides is 1. The first-order valence-electron chi connectivity index (χ1n) is 28.0. The largest absolute Gasteiger partial charge is 0.394 e. The lowest BCUT2D eigenvalue weighted by Gasteiger charge is -2.40. The first-order chi connectivity index (χ1) is 32.8. The van der Waals surface area contributed by atoms with Gasteiger partial charge in [-0.2, -0.15) is 0 Å². The van der Waals surface area contributed by atoms with Gasteiger partial charge in [0.15, 0.2) is 6.29 Å². The second-order valence-electron chi connectivity index (χ2n) is 19.4. The second kappa shape index (κ2) is 47.6. The van der Waals surface area contributed by atoms with E-state index in [0.717, 1.165) is 70.6 Å². The minimum atomic E-state index is -1.55. The highest BCUT2D eigenvalue weighted by Gasteiger charge is 2.44. The van der Waals surface area contributed by atoms with Crippen molar-refractivity contribution in [2.75, 3.05) is 13.2 Å². The fraction of sp³-hybridized carbons (Fsp3) is 0.810. The van der Waals surface area contributed by atoms with Crippen LogP contribution >= 0.6 is 0 Å². The van der Waals surface area contributed by atoms with Crippen LogP contribution in [0.25, 0.3) is 0 Å². The summed E-state index contributed by atoms with van der Waals surface area (Å²) >= 11 is 0. The predicted molar refractivity (Wildman–Crippen MR) is 281 cm³/mol. The number of hydrogen-bond donors (Lipinski definition) is 6. The molecule has 7 unspecified atom stereocenters. The quantitative estimate of drug-likeness (QED) is 0.0261. The van der Waals surface area contributed by atoms with Crippen molar-refractivity contribution < 1.29 is 39.8 Å². The van der Waals surface area contributed by atoms with Crippen LogP contribution in [0.4, 0.5) is 0 Å². The molecular weight excluding hydrogens is 839 g/mol. The van der Waals surface area contributed by atoms with E-state index in [-0.39, 0.29) is 12.5 Å². The summed E-state index contributed by atoms with van der Waals surface area (Å²) in [5, 5.41) is 54.5. The van der Waals surface area contributed by atoms with Gasteiger partial charge in [0.2, 0.25) is 5.91 Å². The van der Waals surface area contributed by atoms with Crippen LogP contribution in [0.15, 0.2) is 60.8 Å². The molecule has 0 aromatic heterocycles. The van der Waals surface area contributed by atoms with Crippen molar-refractivity contribution in [1.82, 2.24) is 5.32 Å². The molecule has 1 rings (SSSR count). The zero-order chi connectivity index (χ0) is 48.7. The maximum absolute atomic E-state index is 13.0. The summed E-state index contributed by atoms with van der Waals surface area (Å²) in [6.45, 7) is 3.72. The molecule has 1 fully saturated rings. The van der Waals surface area contributed by atoms with E-state index in [1.165, 1.54) is 148 Å². The van der Waals surface area contributed by atoms with Crippen molar-refractivity contribution in [2.24, 2.45) is 0 Å². The lowest BCUT2D eigenvalue weighted by Crippen LogP contribution is -2.60. The molecular formula is C58H105NO8. The van der Waals surface area contributed by atoms with Gasteiger partial charge in [-0.3, -0.25) is 4.79 Å². The van der Waals surface area contributed by atoms with Gasteiger partial charge in [0, 0.05) is 6.42 Å². The molecule has 1 amide bonds. The number of nitrogens with one attached hydrogen (secondary N) is 1. The van der Waals surface area contributed by atoms with Crippen molar-refractivity contribution in [3.63, 3.8) is 0 Å². The van der Waals surface area contributed by atoms with Gasteiger partial charge in [-0.05, 0) is 57.8 Å². The Bertz CT molecular complexity index is 1230. The molecule has 6 N–H and O–H groups in total. The average molecular weight is 944 g/mol. The normalized spacial score (nSPS) is 20.1. The standard InChI is InChI=1S/C58H105NO8/c1-3-5-7-9-11-13-15-16-17-18-19-20-21-22-23-24-25-26-27-28-29-30-31-32-33-34-35-36-38-40-42-44-46-48-54(62)59-51(50-66-58-57(65)56(64)55(63)53(49-60)67-58)52(61)47-45-43-41-39-37-14-12-10-8-6-4-2/h5,7,11,13,16-17,19-20,22-23,51-53,55-58,60-61,63-65H,3-4,6,8-10,12,14-15,18,21,24-50H2,1-2H3,(H,59,62)/b7-5-,13-11-,17-16-,20-19-,23-22-. The lowest BCUT2D eigenvalue weighted by atomic mass is 9.99. The molecule has 0 bridgehead atoms. The highest BCUT2D eigenvalue weighted by atomic mass is 16.7. The van der Waals surface area contributed by atoms with Crippen LogP contribution in [0.5, 0.6) is 0 Å². The number of aliphatic hydroxyl groups is 5. The second-order valence-corrected chi connectivity index (χ2v) is 19.4. The Hall–Kier alpha value is -2.11. The average Bonchev–Trinajstić information content (AvgIpc) is 3.33. The van der Waals surface area contributed by atoms with Crippen LogP contribution < -0.4 is 5.32 Å². The number of carbonyl (C=O) groups is 1. The van der Waals surface area contributed by atoms with Crippen molar-refractivity contribution in [3.05, 3.63) is 60.8 Å². The van der Waals surface area contributed by atoms with Crippen molar-refractivity contribution in [1.29, 1.82) is 0 Å². The predicted octanol–water partition coefficient (Wildman–Crippen LogP) is 13.5. The Kier molecular flexibility index (Phi) is 44.7. The Morgan fingerprint density at radius 2 is 0.925 bits per heavy atom. The Morgan fingerprint density at radius 3 is 1.37 bits per heavy atom. The molecule has 1 heterocycles. The van der Waals surface area contributed by atoms with E-state index in [4.69, 9.17) is 9.47 Å². The third-order valence-electron chi connectivity index (χ3n) is 13.1. The summed E-state index contributed by atoms with van der Waals surface area (Å²) in [6, 6.07) is -0.718. The molecule has 0 aromatic rings. The van der Waals surface area contributed by atoms with E-state index in [1.54, 1.807) is 0 Å². The zero-order valence-electron chi connectivity index (χ0n) is 43.1. The maximum atomic E-state index is 13.0. The molecule has 9 heteroatoms. The van der Waals surface area contributed by atoms with E-state index in [9.17, 15) is 30.3 Å². The van der Waals surface area contributed by atoms with Gasteiger partial charge in [-0.15, -0.1) is 0 Å². The Labute approximate surface area is 411 Å². The highest BCUT2D eigenvalue weighted by Crippen LogP contribution is 2.23. The van der Waals surface area contributed by atoms with Gasteiger partial charge >= 0.3 is 0 Å². The summed E-state index contributed by atoms with van der Waals surface area (Å²) in [7, 11) is 0. The number of hydrogen-bond acceptors (Lipinski definition) is 8. The van der Waals surface area contributed by atoms with Gasteiger partial charge in [0.25, 0.3) is 0 Å². The molecule has 0 spiro atoms. The molecule has 0 aromatic carbocycles. The minimum absolute atomic E-state index is 0.137. The molecule has 0 radical (unpaired) electrons. The first-order valence-corrected chi connectivity index (χ1v) is 28.0. The number of aliphatic hydroxyl groups excluding tert-OH is 5. The third-order valence-corrected chi connectivity index (χ3v) is 13.1. The van der Waals surface area contributed by atoms with Crippen LogP contribution in [0.1, 0.15) is 245 Å². The van der Waals surface area contributed by atoms with E-state index in [2.05, 4.69) is 79.9 Å². The molecule has 1 aliphatic rings. The summed E-state index contributed by atoms with van der Waals surface area (Å²) < 4.78 is 11.3. The van der Waals surface area contributed by atoms with Gasteiger partial charge in [-0.1, -0.05) is 242 Å². The topological polar surface area (TPSA) is 149 Å². The Balaban J connectivity index is 2.10. The number of carbonyl (C=O) groups excluding carboxylic acids is 1. The van der Waals surface area contributed by atoms with Gasteiger partial charge in [0.1, 0.15) is 24.4 Å². The smallest absolute Gasteiger partial charge is 0.220 e. The van der Waals surface area contributed by atoms with Crippen LogP contribution in [-0.4, -0.2) is 87.5 Å². The van der Waals surface area contributed by atoms with Crippen LogP contribution in [0, 0.1) is 0 Å². The molecule has 0 aliphatic carbocycles. The lowest BCUT2D eigenvalue weighted by molar-refractivity contribution is -0.302. The van der Waals surface area contributed by atoms with Crippen LogP contribution in [-0.2, 0) is 14.3 Å². The van der Waals surface area contributed by atoms with Crippen molar-refractivity contribution >= 4 is 5.91 Å². The summed E-state index contributed by atoms with van der Waals surface area (Å²) in [5.74, 6) is -0.145. The molecule has 9 nitrogen and oxygen atoms in total. The fourth-order valence-electron chi connectivity index (χ4n) is 8.72. The fourth-order valence-corrected chi connectivity index (χ4v) is 8.72. The monoisotopic (exact) mass is 944 g/mol. The van der Waals surface area contributed by atoms with Crippen LogP contribution in [0.3, 0.4) is 0 Å². The number of ether oxygens (including phenoxy) is 2. The van der Waals surface area contributed by atoms with E-state index < -0.39 is 49.5 Å². The summed E-state index contributed by atoms with van der Waals surface area (Å²) in [6.07, 6.45) is 56.9. The molecule has 1 aliphatic heterocycles. The van der Waals surface area contributed by atoms with E-state index in [1.807, 2.05) is 0 Å². The third kappa shape index (κ3) is 37.4. The van der Waals surface area contributed by atoms with E-state index in [0.29, 0.717) is 12.8 Å². The number of unbranched alkanes of at least 4 members (excludes halogenated alkanes) is 27. The number of rotatable bonds is 47. The maximum Gasteiger partial charge on any atom is 0.220 e. The Morgan fingerprint density at radius 1 is 0.522 bits per heavy atom. The molecule has 390 valence electrons. The van der Waals surface area contributed by atoms with Crippen LogP contribution in [0.2, 0.25) is 0 Å². The first kappa shape index (κ1) is 62.9. The van der Waals surface area contributed by atoms with Gasteiger partial charge < -0.3 is 40.3 Å².